The number of halogens is 1. The van der Waals surface area contributed by atoms with Crippen LogP contribution in [0.2, 0.25) is 5.02 Å². The molecule has 4 heterocycles. The minimum atomic E-state index is -0.767. The van der Waals surface area contributed by atoms with Crippen LogP contribution in [0.3, 0.4) is 0 Å². The van der Waals surface area contributed by atoms with Gasteiger partial charge in [0.25, 0.3) is 11.8 Å². The van der Waals surface area contributed by atoms with Crippen LogP contribution in [0.1, 0.15) is 60.1 Å². The molecule has 40 heavy (non-hydrogen) atoms. The number of nitrogens with zero attached hydrogens (tertiary/aromatic N) is 6. The number of hydrogen-bond acceptors (Lipinski definition) is 5. The van der Waals surface area contributed by atoms with Gasteiger partial charge < -0.3 is 9.80 Å². The Balaban J connectivity index is 1.32. The summed E-state index contributed by atoms with van der Waals surface area (Å²) in [6, 6.07) is 14.9. The summed E-state index contributed by atoms with van der Waals surface area (Å²) >= 11 is 6.36. The average molecular weight is 557 g/mol. The summed E-state index contributed by atoms with van der Waals surface area (Å²) in [5.74, 6) is -0.575. The fraction of sp³-hybridized carbons (Fsp3) is 0.367. The van der Waals surface area contributed by atoms with Crippen LogP contribution in [0.5, 0.6) is 0 Å². The molecule has 2 bridgehead atoms. The second-order valence-corrected chi connectivity index (χ2v) is 12.1. The SMILES string of the molecule is Cc1c(N2C(=O)[C@@H]3[C@@H]4C[C@@H](CN4C(=O)c4cc(C(C)(C)C)nn4Cc4ccccc4)N3C2=O)ccc(C#N)c1Cl. The van der Waals surface area contributed by atoms with E-state index in [2.05, 4.69) is 20.8 Å². The minimum Gasteiger partial charge on any atom is -0.330 e. The largest absolute Gasteiger partial charge is 0.332 e. The quantitative estimate of drug-likeness (QED) is 0.440. The first-order valence-corrected chi connectivity index (χ1v) is 13.7. The van der Waals surface area contributed by atoms with Crippen LogP contribution in [-0.2, 0) is 16.8 Å². The third-order valence-electron chi connectivity index (χ3n) is 8.19. The smallest absolute Gasteiger partial charge is 0.330 e. The first kappa shape index (κ1) is 26.1. The van der Waals surface area contributed by atoms with E-state index in [0.29, 0.717) is 36.5 Å². The molecule has 2 aromatic carbocycles. The molecule has 1 aromatic heterocycles. The van der Waals surface area contributed by atoms with E-state index in [4.69, 9.17) is 16.7 Å². The Labute approximate surface area is 237 Å². The van der Waals surface area contributed by atoms with Crippen molar-refractivity contribution < 1.29 is 14.4 Å². The van der Waals surface area contributed by atoms with Crippen molar-refractivity contribution in [2.24, 2.45) is 0 Å². The van der Waals surface area contributed by atoms with Gasteiger partial charge in [0.05, 0.1) is 40.6 Å². The maximum atomic E-state index is 14.1. The number of imide groups is 1. The van der Waals surface area contributed by atoms with Gasteiger partial charge in [-0.15, -0.1) is 0 Å². The fourth-order valence-electron chi connectivity index (χ4n) is 6.10. The van der Waals surface area contributed by atoms with E-state index in [9.17, 15) is 19.6 Å². The number of urea groups is 1. The van der Waals surface area contributed by atoms with E-state index in [1.165, 1.54) is 6.07 Å². The normalized spacial score (nSPS) is 21.8. The molecule has 3 atom stereocenters. The molecule has 3 aromatic rings. The zero-order valence-electron chi connectivity index (χ0n) is 22.8. The molecule has 0 N–H and O–H groups in total. The van der Waals surface area contributed by atoms with Crippen LogP contribution in [0.25, 0.3) is 0 Å². The first-order chi connectivity index (χ1) is 19.0. The van der Waals surface area contributed by atoms with Gasteiger partial charge in [0, 0.05) is 12.0 Å². The monoisotopic (exact) mass is 556 g/mol. The molecule has 3 saturated heterocycles. The van der Waals surface area contributed by atoms with Crippen LogP contribution in [0.4, 0.5) is 10.5 Å². The lowest BCUT2D eigenvalue weighted by Crippen LogP contribution is -2.55. The van der Waals surface area contributed by atoms with Gasteiger partial charge in [-0.05, 0) is 42.7 Å². The van der Waals surface area contributed by atoms with Crippen LogP contribution < -0.4 is 4.90 Å². The summed E-state index contributed by atoms with van der Waals surface area (Å²) in [5, 5.41) is 14.3. The van der Waals surface area contributed by atoms with Gasteiger partial charge in [-0.1, -0.05) is 62.7 Å². The van der Waals surface area contributed by atoms with Crippen molar-refractivity contribution in [3.63, 3.8) is 0 Å². The summed E-state index contributed by atoms with van der Waals surface area (Å²) in [6.07, 6.45) is 0.549. The zero-order chi connectivity index (χ0) is 28.5. The van der Waals surface area contributed by atoms with Crippen molar-refractivity contribution in [3.05, 3.63) is 81.6 Å². The summed E-state index contributed by atoms with van der Waals surface area (Å²) < 4.78 is 1.75. The third-order valence-corrected chi connectivity index (χ3v) is 8.67. The number of anilines is 1. The highest BCUT2D eigenvalue weighted by atomic mass is 35.5. The van der Waals surface area contributed by atoms with E-state index >= 15 is 0 Å². The molecule has 204 valence electrons. The van der Waals surface area contributed by atoms with E-state index in [1.807, 2.05) is 42.5 Å². The molecule has 3 fully saturated rings. The van der Waals surface area contributed by atoms with Crippen LogP contribution in [0, 0.1) is 18.3 Å². The molecule has 3 aliphatic heterocycles. The van der Waals surface area contributed by atoms with Gasteiger partial charge in [-0.3, -0.25) is 14.3 Å². The minimum absolute atomic E-state index is 0.192. The molecule has 0 aliphatic carbocycles. The van der Waals surface area contributed by atoms with E-state index < -0.39 is 18.1 Å². The highest BCUT2D eigenvalue weighted by molar-refractivity contribution is 6.33. The molecule has 0 spiro atoms. The molecule has 0 radical (unpaired) electrons. The number of nitriles is 1. The maximum Gasteiger partial charge on any atom is 0.332 e. The highest BCUT2D eigenvalue weighted by Gasteiger charge is 2.63. The lowest BCUT2D eigenvalue weighted by atomic mass is 9.92. The molecule has 9 nitrogen and oxygen atoms in total. The number of carbonyl (C=O) groups is 3. The van der Waals surface area contributed by atoms with Gasteiger partial charge >= 0.3 is 6.03 Å². The number of carbonyl (C=O) groups excluding carboxylic acids is 3. The average Bonchev–Trinajstić information content (AvgIpc) is 3.68. The molecule has 0 unspecified atom stereocenters. The van der Waals surface area contributed by atoms with Crippen LogP contribution in [-0.4, -0.2) is 62.1 Å². The van der Waals surface area contributed by atoms with Gasteiger partial charge in [0.1, 0.15) is 17.8 Å². The Kier molecular flexibility index (Phi) is 6.00. The number of likely N-dealkylation sites (tertiary alicyclic amines) is 1. The molecule has 0 saturated carbocycles. The number of rotatable bonds is 4. The van der Waals surface area contributed by atoms with Crippen molar-refractivity contribution in [3.8, 4) is 6.07 Å². The lowest BCUT2D eigenvalue weighted by Gasteiger charge is -2.34. The van der Waals surface area contributed by atoms with Gasteiger partial charge in [0.15, 0.2) is 0 Å². The topological polar surface area (TPSA) is 103 Å². The predicted molar refractivity (Wildman–Crippen MR) is 149 cm³/mol. The Morgan fingerprint density at radius 3 is 2.55 bits per heavy atom. The second kappa shape index (κ2) is 9.20. The summed E-state index contributed by atoms with van der Waals surface area (Å²) in [6.45, 7) is 8.65. The Morgan fingerprint density at radius 2 is 1.88 bits per heavy atom. The van der Waals surface area contributed by atoms with Crippen molar-refractivity contribution in [2.45, 2.75) is 64.2 Å². The van der Waals surface area contributed by atoms with Crippen molar-refractivity contribution in [1.29, 1.82) is 5.26 Å². The van der Waals surface area contributed by atoms with Crippen molar-refractivity contribution in [2.75, 3.05) is 11.4 Å². The van der Waals surface area contributed by atoms with Gasteiger partial charge in [-0.2, -0.15) is 10.4 Å². The molecule has 4 amide bonds. The molecule has 3 aliphatic rings. The first-order valence-electron chi connectivity index (χ1n) is 13.3. The van der Waals surface area contributed by atoms with E-state index in [-0.39, 0.29) is 33.9 Å². The number of aromatic nitrogens is 2. The lowest BCUT2D eigenvalue weighted by molar-refractivity contribution is -0.121. The Hall–Kier alpha value is -4.16. The number of hydrogen-bond donors (Lipinski definition) is 0. The van der Waals surface area contributed by atoms with Crippen LogP contribution >= 0.6 is 11.6 Å². The Morgan fingerprint density at radius 1 is 1.15 bits per heavy atom. The van der Waals surface area contributed by atoms with Crippen molar-refractivity contribution >= 4 is 35.1 Å². The van der Waals surface area contributed by atoms with E-state index in [1.54, 1.807) is 27.5 Å². The summed E-state index contributed by atoms with van der Waals surface area (Å²) in [4.78, 5) is 45.9. The maximum absolute atomic E-state index is 14.1. The van der Waals surface area contributed by atoms with Gasteiger partial charge in [-0.25, -0.2) is 9.69 Å². The molecular formula is C30H29ClN6O3. The number of fused-ring (bicyclic) bond motifs is 5. The van der Waals surface area contributed by atoms with Crippen molar-refractivity contribution in [1.82, 2.24) is 19.6 Å². The third kappa shape index (κ3) is 3.89. The standard InChI is InChI=1S/C30H29ClN6O3/c1-17-21(11-10-19(14-32)25(17)31)37-28(39)26-22-12-20(36(26)29(37)40)16-34(22)27(38)23-13-24(30(2,3)4)33-35(23)15-18-8-6-5-7-9-18/h5-11,13,20,22,26H,12,15-16H2,1-4H3/t20-,22-,26-/m0/s1. The molecular weight excluding hydrogens is 528 g/mol. The second-order valence-electron chi connectivity index (χ2n) is 11.7. The number of amides is 4. The summed E-state index contributed by atoms with van der Waals surface area (Å²) in [5.41, 5.74) is 3.18. The van der Waals surface area contributed by atoms with Gasteiger partial charge in [0.2, 0.25) is 0 Å². The Bertz CT molecular complexity index is 1600. The fourth-order valence-corrected chi connectivity index (χ4v) is 6.30. The van der Waals surface area contributed by atoms with Crippen LogP contribution in [0.15, 0.2) is 48.5 Å². The summed E-state index contributed by atoms with van der Waals surface area (Å²) in [7, 11) is 0. The molecule has 6 rings (SSSR count). The predicted octanol–water partition coefficient (Wildman–Crippen LogP) is 4.50. The number of piperazine rings is 1. The van der Waals surface area contributed by atoms with E-state index in [0.717, 1.165) is 16.2 Å². The zero-order valence-corrected chi connectivity index (χ0v) is 23.5. The number of benzene rings is 2. The highest BCUT2D eigenvalue weighted by Crippen LogP contribution is 2.44. The molecule has 10 heteroatoms.